The maximum atomic E-state index is 12.3. The molecule has 1 aromatic rings. The molecule has 4 N–H and O–H groups in total. The van der Waals surface area contributed by atoms with E-state index in [1.807, 2.05) is 6.92 Å². The van der Waals surface area contributed by atoms with Gasteiger partial charge in [-0.3, -0.25) is 0 Å². The van der Waals surface area contributed by atoms with Crippen LogP contribution in [0.15, 0.2) is 17.8 Å². The first-order chi connectivity index (χ1) is 15.0. The Bertz CT molecular complexity index is 808. The van der Waals surface area contributed by atoms with E-state index in [-0.39, 0.29) is 24.1 Å². The summed E-state index contributed by atoms with van der Waals surface area (Å²) in [6.45, 7) is 0.976. The topological polar surface area (TPSA) is 107 Å². The fraction of sp³-hybridized carbons (Fsp3) is 0.619. The Balaban J connectivity index is 2.06. The molecule has 8 nitrogen and oxygen atoms in total. The summed E-state index contributed by atoms with van der Waals surface area (Å²) in [6.07, 6.45) is -0.638. The lowest BCUT2D eigenvalue weighted by Gasteiger charge is -2.24. The average molecular weight is 460 g/mol. The van der Waals surface area contributed by atoms with E-state index in [1.54, 1.807) is 12.1 Å². The van der Waals surface area contributed by atoms with Crippen molar-refractivity contribution in [1.29, 1.82) is 0 Å². The number of nitrogens with zero attached hydrogens (tertiary/aromatic N) is 3. The third-order valence-corrected chi connectivity index (χ3v) is 5.27. The minimum atomic E-state index is -4.36. The number of aromatic nitrogens is 1. The molecule has 1 fully saturated rings. The van der Waals surface area contributed by atoms with Gasteiger partial charge in [-0.05, 0) is 44.7 Å². The van der Waals surface area contributed by atoms with Crippen molar-refractivity contribution in [2.24, 2.45) is 11.6 Å². The lowest BCUT2D eigenvalue weighted by molar-refractivity contribution is -0.136. The van der Waals surface area contributed by atoms with Crippen LogP contribution in [0, 0.1) is 6.92 Å². The van der Waals surface area contributed by atoms with Gasteiger partial charge >= 0.3 is 12.3 Å². The zero-order chi connectivity index (χ0) is 23.9. The van der Waals surface area contributed by atoms with Crippen LogP contribution in [0.25, 0.3) is 5.70 Å². The molecule has 180 valence electrons. The number of aryl methyl sites for hydroxylation is 1. The van der Waals surface area contributed by atoms with Gasteiger partial charge in [-0.1, -0.05) is 6.42 Å². The summed E-state index contributed by atoms with van der Waals surface area (Å²) in [5, 5.41) is 1.18. The molecule has 11 heteroatoms. The standard InChI is InChI=1S/C21H32F3N5O3/c1-14-18(32-15-7-5-4-6-8-15)10-9-16(27-14)19(25)17(29(3)26)13-31-20(30)28(2)12-11-21(22,23)24/h9-10,15H,4-8,11-13,25-26H2,1-3H3/b19-17-. The lowest BCUT2D eigenvalue weighted by atomic mass is 9.98. The molecular weight excluding hydrogens is 427 g/mol. The Hall–Kier alpha value is -2.69. The highest BCUT2D eigenvalue weighted by Crippen LogP contribution is 2.26. The molecule has 1 amide bonds. The van der Waals surface area contributed by atoms with Crippen molar-refractivity contribution in [2.75, 3.05) is 27.2 Å². The quantitative estimate of drug-likeness (QED) is 0.452. The van der Waals surface area contributed by atoms with Crippen LogP contribution >= 0.6 is 0 Å². The van der Waals surface area contributed by atoms with E-state index in [4.69, 9.17) is 21.1 Å². The monoisotopic (exact) mass is 459 g/mol. The van der Waals surface area contributed by atoms with Crippen LogP contribution in [-0.2, 0) is 4.74 Å². The van der Waals surface area contributed by atoms with E-state index in [9.17, 15) is 18.0 Å². The second-order valence-corrected chi connectivity index (χ2v) is 7.97. The van der Waals surface area contributed by atoms with Crippen molar-refractivity contribution in [3.05, 3.63) is 29.2 Å². The third-order valence-electron chi connectivity index (χ3n) is 5.27. The molecule has 0 aliphatic heterocycles. The number of hydrazine groups is 1. The van der Waals surface area contributed by atoms with E-state index in [1.165, 1.54) is 25.5 Å². The van der Waals surface area contributed by atoms with Crippen LogP contribution < -0.4 is 16.3 Å². The number of alkyl halides is 3. The minimum Gasteiger partial charge on any atom is -0.489 e. The molecule has 0 aromatic carbocycles. The molecule has 1 heterocycles. The van der Waals surface area contributed by atoms with E-state index < -0.39 is 25.2 Å². The Morgan fingerprint density at radius 3 is 2.44 bits per heavy atom. The van der Waals surface area contributed by atoms with Crippen LogP contribution in [0.2, 0.25) is 0 Å². The maximum Gasteiger partial charge on any atom is 0.409 e. The van der Waals surface area contributed by atoms with Gasteiger partial charge in [0.2, 0.25) is 0 Å². The Morgan fingerprint density at radius 2 is 1.88 bits per heavy atom. The molecule has 0 spiro atoms. The number of hydrogen-bond donors (Lipinski definition) is 2. The molecule has 0 radical (unpaired) electrons. The molecule has 0 unspecified atom stereocenters. The molecule has 1 saturated carbocycles. The Morgan fingerprint density at radius 1 is 1.22 bits per heavy atom. The van der Waals surface area contributed by atoms with Gasteiger partial charge in [0.15, 0.2) is 0 Å². The maximum absolute atomic E-state index is 12.3. The van der Waals surface area contributed by atoms with Gasteiger partial charge in [-0.15, -0.1) is 0 Å². The number of hydrogen-bond acceptors (Lipinski definition) is 7. The number of nitrogens with two attached hydrogens (primary N) is 2. The average Bonchev–Trinajstić information content (AvgIpc) is 2.73. The van der Waals surface area contributed by atoms with Gasteiger partial charge in [0, 0.05) is 20.6 Å². The van der Waals surface area contributed by atoms with Crippen LogP contribution in [-0.4, -0.2) is 60.5 Å². The number of rotatable bonds is 8. The number of carbonyl (C=O) groups excluding carboxylic acids is 1. The van der Waals surface area contributed by atoms with Gasteiger partial charge < -0.3 is 25.1 Å². The highest BCUT2D eigenvalue weighted by Gasteiger charge is 2.28. The first kappa shape index (κ1) is 25.6. The summed E-state index contributed by atoms with van der Waals surface area (Å²) in [6, 6.07) is 3.49. The van der Waals surface area contributed by atoms with E-state index in [2.05, 4.69) is 4.98 Å². The predicted molar refractivity (Wildman–Crippen MR) is 114 cm³/mol. The molecular formula is C21H32F3N5O3. The van der Waals surface area contributed by atoms with Crippen molar-refractivity contribution in [2.45, 2.75) is 57.7 Å². The summed E-state index contributed by atoms with van der Waals surface area (Å²) in [5.41, 5.74) is 7.76. The van der Waals surface area contributed by atoms with Crippen molar-refractivity contribution in [3.63, 3.8) is 0 Å². The minimum absolute atomic E-state index is 0.183. The molecule has 1 aliphatic carbocycles. The second-order valence-electron chi connectivity index (χ2n) is 7.97. The van der Waals surface area contributed by atoms with Crippen LogP contribution in [0.5, 0.6) is 5.75 Å². The summed E-state index contributed by atoms with van der Waals surface area (Å²) < 4.78 is 48.2. The largest absolute Gasteiger partial charge is 0.489 e. The summed E-state index contributed by atoms with van der Waals surface area (Å²) in [5.74, 6) is 6.52. The highest BCUT2D eigenvalue weighted by molar-refractivity contribution is 5.68. The third kappa shape index (κ3) is 7.77. The van der Waals surface area contributed by atoms with Gasteiger partial charge in [0.25, 0.3) is 0 Å². The van der Waals surface area contributed by atoms with Crippen LogP contribution in [0.4, 0.5) is 18.0 Å². The van der Waals surface area contributed by atoms with Crippen molar-refractivity contribution in [1.82, 2.24) is 14.9 Å². The normalized spacial score (nSPS) is 15.7. The molecule has 0 atom stereocenters. The fourth-order valence-corrected chi connectivity index (χ4v) is 3.33. The number of carbonyl (C=O) groups is 1. The van der Waals surface area contributed by atoms with Gasteiger partial charge in [0.1, 0.15) is 12.4 Å². The molecule has 0 saturated heterocycles. The fourth-order valence-electron chi connectivity index (χ4n) is 3.33. The second kappa shape index (κ2) is 11.3. The summed E-state index contributed by atoms with van der Waals surface area (Å²) in [7, 11) is 2.74. The summed E-state index contributed by atoms with van der Waals surface area (Å²) in [4.78, 5) is 17.4. The smallest absolute Gasteiger partial charge is 0.409 e. The van der Waals surface area contributed by atoms with E-state index >= 15 is 0 Å². The first-order valence-electron chi connectivity index (χ1n) is 10.5. The zero-order valence-corrected chi connectivity index (χ0v) is 18.7. The Kier molecular flexibility index (Phi) is 8.99. The predicted octanol–water partition coefficient (Wildman–Crippen LogP) is 3.56. The molecule has 0 bridgehead atoms. The van der Waals surface area contributed by atoms with Crippen molar-refractivity contribution in [3.8, 4) is 5.75 Å². The Labute approximate surface area is 186 Å². The molecule has 2 rings (SSSR count). The lowest BCUT2D eigenvalue weighted by Crippen LogP contribution is -2.35. The molecule has 1 aliphatic rings. The van der Waals surface area contributed by atoms with Gasteiger partial charge in [-0.25, -0.2) is 15.6 Å². The number of ether oxygens (including phenoxy) is 2. The summed E-state index contributed by atoms with van der Waals surface area (Å²) >= 11 is 0. The number of pyridine rings is 1. The number of halogens is 3. The zero-order valence-electron chi connectivity index (χ0n) is 18.7. The van der Waals surface area contributed by atoms with E-state index in [0.29, 0.717) is 17.1 Å². The van der Waals surface area contributed by atoms with Crippen LogP contribution in [0.3, 0.4) is 0 Å². The highest BCUT2D eigenvalue weighted by atomic mass is 19.4. The first-order valence-corrected chi connectivity index (χ1v) is 10.5. The van der Waals surface area contributed by atoms with Crippen molar-refractivity contribution < 1.29 is 27.4 Å². The molecule has 1 aromatic heterocycles. The van der Waals surface area contributed by atoms with Crippen molar-refractivity contribution >= 4 is 11.8 Å². The van der Waals surface area contributed by atoms with Gasteiger partial charge in [-0.2, -0.15) is 13.2 Å². The van der Waals surface area contributed by atoms with Gasteiger partial charge in [0.05, 0.1) is 35.3 Å². The van der Waals surface area contributed by atoms with E-state index in [0.717, 1.165) is 30.6 Å². The number of likely N-dealkylation sites (N-methyl/N-ethyl adjacent to an activating group) is 1. The molecule has 32 heavy (non-hydrogen) atoms. The number of amides is 1. The van der Waals surface area contributed by atoms with Crippen LogP contribution in [0.1, 0.15) is 49.9 Å². The SMILES string of the molecule is Cc1nc(/C(N)=C(\COC(=O)N(C)CCC(F)(F)F)N(C)N)ccc1OC1CCCCC1.